The number of benzene rings is 1. The summed E-state index contributed by atoms with van der Waals surface area (Å²) in [7, 11) is 0. The van der Waals surface area contributed by atoms with Crippen molar-refractivity contribution in [3.05, 3.63) is 34.3 Å². The number of carbonyl (C=O) groups is 1. The number of halogens is 1. The summed E-state index contributed by atoms with van der Waals surface area (Å²) >= 11 is 3.37. The first kappa shape index (κ1) is 16.2. The minimum absolute atomic E-state index is 0.0508. The zero-order valence-electron chi connectivity index (χ0n) is 11.7. The molecule has 0 saturated carbocycles. The van der Waals surface area contributed by atoms with Crippen molar-refractivity contribution >= 4 is 21.8 Å². The molecule has 3 nitrogen and oxygen atoms in total. The molecule has 1 amide bonds. The van der Waals surface area contributed by atoms with Gasteiger partial charge in [-0.05, 0) is 37.0 Å². The first-order chi connectivity index (χ1) is 8.90. The van der Waals surface area contributed by atoms with Gasteiger partial charge in [0.15, 0.2) is 0 Å². The second-order valence-electron chi connectivity index (χ2n) is 5.30. The van der Waals surface area contributed by atoms with Crippen LogP contribution in [0.5, 0.6) is 0 Å². The molecule has 0 spiro atoms. The fraction of sp³-hybridized carbons (Fsp3) is 0.533. The molecule has 0 fully saturated rings. The summed E-state index contributed by atoms with van der Waals surface area (Å²) in [6.07, 6.45) is 0.230. The van der Waals surface area contributed by atoms with Gasteiger partial charge in [0.1, 0.15) is 0 Å². The van der Waals surface area contributed by atoms with Gasteiger partial charge in [-0.15, -0.1) is 0 Å². The van der Waals surface area contributed by atoms with Gasteiger partial charge in [0.05, 0.1) is 12.0 Å². The van der Waals surface area contributed by atoms with E-state index in [-0.39, 0.29) is 11.8 Å². The molecular formula is C15H22BrNO2. The average molecular weight is 328 g/mol. The topological polar surface area (TPSA) is 49.3 Å². The van der Waals surface area contributed by atoms with E-state index in [1.807, 2.05) is 31.2 Å². The zero-order chi connectivity index (χ0) is 14.4. The van der Waals surface area contributed by atoms with Gasteiger partial charge in [-0.1, -0.05) is 41.9 Å². The van der Waals surface area contributed by atoms with Crippen molar-refractivity contribution in [2.24, 2.45) is 5.92 Å². The molecule has 0 aliphatic rings. The summed E-state index contributed by atoms with van der Waals surface area (Å²) in [4.78, 5) is 12.0. The predicted octanol–water partition coefficient (Wildman–Crippen LogP) is 3.08. The second-order valence-corrected chi connectivity index (χ2v) is 6.22. The number of carbonyl (C=O) groups excluding carboxylic acids is 1. The molecular weight excluding hydrogens is 306 g/mol. The lowest BCUT2D eigenvalue weighted by Gasteiger charge is -2.16. The molecule has 1 aromatic rings. The molecule has 106 valence electrons. The molecule has 2 atom stereocenters. The van der Waals surface area contributed by atoms with E-state index in [1.54, 1.807) is 0 Å². The largest absolute Gasteiger partial charge is 0.391 e. The van der Waals surface area contributed by atoms with Crippen LogP contribution in [-0.2, 0) is 4.79 Å². The highest BCUT2D eigenvalue weighted by Crippen LogP contribution is 2.18. The molecule has 0 aliphatic heterocycles. The Hall–Kier alpha value is -0.870. The number of nitrogens with one attached hydrogen (secondary N) is 1. The summed E-state index contributed by atoms with van der Waals surface area (Å²) in [6, 6.07) is 7.71. The molecule has 0 heterocycles. The summed E-state index contributed by atoms with van der Waals surface area (Å²) in [5.74, 6) is 0.167. The van der Waals surface area contributed by atoms with Gasteiger partial charge in [0.2, 0.25) is 5.91 Å². The van der Waals surface area contributed by atoms with Crippen LogP contribution in [0.1, 0.15) is 38.7 Å². The maximum atomic E-state index is 12.0. The quantitative estimate of drug-likeness (QED) is 0.843. The molecule has 0 radical (unpaired) electrons. The van der Waals surface area contributed by atoms with Gasteiger partial charge in [-0.25, -0.2) is 0 Å². The Morgan fingerprint density at radius 1 is 1.26 bits per heavy atom. The van der Waals surface area contributed by atoms with E-state index in [0.717, 1.165) is 10.0 Å². The Morgan fingerprint density at radius 2 is 1.84 bits per heavy atom. The van der Waals surface area contributed by atoms with Gasteiger partial charge in [0.25, 0.3) is 0 Å². The molecule has 2 unspecified atom stereocenters. The summed E-state index contributed by atoms with van der Waals surface area (Å²) in [6.45, 7) is 6.29. The highest BCUT2D eigenvalue weighted by molar-refractivity contribution is 9.10. The van der Waals surface area contributed by atoms with Crippen LogP contribution in [0.25, 0.3) is 0 Å². The lowest BCUT2D eigenvalue weighted by Crippen LogP contribution is -2.35. The molecule has 0 bridgehead atoms. The van der Waals surface area contributed by atoms with Crippen LogP contribution in [0.3, 0.4) is 0 Å². The van der Waals surface area contributed by atoms with E-state index in [4.69, 9.17) is 0 Å². The molecule has 0 aliphatic carbocycles. The van der Waals surface area contributed by atoms with E-state index in [0.29, 0.717) is 18.9 Å². The standard InChI is InChI=1S/C15H22BrNO2/c1-10(2)8-14(18)9-17-15(19)11(3)12-4-6-13(16)7-5-12/h4-7,10-11,14,18H,8-9H2,1-3H3,(H,17,19). The molecule has 1 rings (SSSR count). The fourth-order valence-corrected chi connectivity index (χ4v) is 2.17. The van der Waals surface area contributed by atoms with Crippen LogP contribution in [0.15, 0.2) is 28.7 Å². The summed E-state index contributed by atoms with van der Waals surface area (Å²) in [5, 5.41) is 12.5. The third-order valence-corrected chi connectivity index (χ3v) is 3.55. The minimum atomic E-state index is -0.471. The maximum absolute atomic E-state index is 12.0. The van der Waals surface area contributed by atoms with E-state index in [9.17, 15) is 9.90 Å². The van der Waals surface area contributed by atoms with Gasteiger partial charge in [-0.2, -0.15) is 0 Å². The van der Waals surface area contributed by atoms with E-state index < -0.39 is 6.10 Å². The van der Waals surface area contributed by atoms with Crippen molar-refractivity contribution in [3.8, 4) is 0 Å². The molecule has 19 heavy (non-hydrogen) atoms. The van der Waals surface area contributed by atoms with Crippen molar-refractivity contribution in [3.63, 3.8) is 0 Å². The van der Waals surface area contributed by atoms with E-state index in [2.05, 4.69) is 35.1 Å². The monoisotopic (exact) mass is 327 g/mol. The van der Waals surface area contributed by atoms with Crippen molar-refractivity contribution in [2.75, 3.05) is 6.54 Å². The van der Waals surface area contributed by atoms with Crippen LogP contribution >= 0.6 is 15.9 Å². The smallest absolute Gasteiger partial charge is 0.227 e. The number of hydrogen-bond acceptors (Lipinski definition) is 2. The van der Waals surface area contributed by atoms with Crippen LogP contribution in [0.2, 0.25) is 0 Å². The molecule has 4 heteroatoms. The normalized spacial score (nSPS) is 14.2. The van der Waals surface area contributed by atoms with E-state index >= 15 is 0 Å². The Morgan fingerprint density at radius 3 is 2.37 bits per heavy atom. The number of hydrogen-bond donors (Lipinski definition) is 2. The number of amides is 1. The van der Waals surface area contributed by atoms with Gasteiger partial charge < -0.3 is 10.4 Å². The Balaban J connectivity index is 2.47. The lowest BCUT2D eigenvalue weighted by atomic mass is 10.00. The maximum Gasteiger partial charge on any atom is 0.227 e. The SMILES string of the molecule is CC(C)CC(O)CNC(=O)C(C)c1ccc(Br)cc1. The molecule has 1 aromatic carbocycles. The Bertz CT molecular complexity index is 403. The number of rotatable bonds is 6. The zero-order valence-corrected chi connectivity index (χ0v) is 13.3. The van der Waals surface area contributed by atoms with Crippen molar-refractivity contribution in [2.45, 2.75) is 39.2 Å². The van der Waals surface area contributed by atoms with Crippen LogP contribution < -0.4 is 5.32 Å². The van der Waals surface area contributed by atoms with Crippen molar-refractivity contribution < 1.29 is 9.90 Å². The van der Waals surface area contributed by atoms with Crippen LogP contribution in [-0.4, -0.2) is 23.7 Å². The van der Waals surface area contributed by atoms with Crippen molar-refractivity contribution in [1.82, 2.24) is 5.32 Å². The second kappa shape index (κ2) is 7.65. The highest BCUT2D eigenvalue weighted by Gasteiger charge is 2.16. The number of aliphatic hydroxyl groups excluding tert-OH is 1. The van der Waals surface area contributed by atoms with Crippen molar-refractivity contribution in [1.29, 1.82) is 0 Å². The third-order valence-electron chi connectivity index (χ3n) is 3.02. The first-order valence-electron chi connectivity index (χ1n) is 6.61. The Labute approximate surface area is 123 Å². The summed E-state index contributed by atoms with van der Waals surface area (Å²) < 4.78 is 0.996. The lowest BCUT2D eigenvalue weighted by molar-refractivity contribution is -0.122. The highest BCUT2D eigenvalue weighted by atomic mass is 79.9. The van der Waals surface area contributed by atoms with Gasteiger partial charge >= 0.3 is 0 Å². The fourth-order valence-electron chi connectivity index (χ4n) is 1.90. The average Bonchev–Trinajstić information content (AvgIpc) is 2.35. The predicted molar refractivity (Wildman–Crippen MR) is 81.0 cm³/mol. The molecule has 2 N–H and O–H groups in total. The van der Waals surface area contributed by atoms with Crippen LogP contribution in [0.4, 0.5) is 0 Å². The van der Waals surface area contributed by atoms with E-state index in [1.165, 1.54) is 0 Å². The molecule has 0 saturated heterocycles. The minimum Gasteiger partial charge on any atom is -0.391 e. The third kappa shape index (κ3) is 5.74. The Kier molecular flexibility index (Phi) is 6.52. The first-order valence-corrected chi connectivity index (χ1v) is 7.40. The van der Waals surface area contributed by atoms with Crippen LogP contribution in [0, 0.1) is 5.92 Å². The van der Waals surface area contributed by atoms with Gasteiger partial charge in [0, 0.05) is 11.0 Å². The molecule has 0 aromatic heterocycles. The number of aliphatic hydroxyl groups is 1. The van der Waals surface area contributed by atoms with Gasteiger partial charge in [-0.3, -0.25) is 4.79 Å². The summed E-state index contributed by atoms with van der Waals surface area (Å²) in [5.41, 5.74) is 0.971.